The molecule has 0 saturated carbocycles. The average Bonchev–Trinajstić information content (AvgIpc) is 3.34. The zero-order chi connectivity index (χ0) is 28.1. The summed E-state index contributed by atoms with van der Waals surface area (Å²) in [4.78, 5) is 0. The van der Waals surface area contributed by atoms with Crippen molar-refractivity contribution in [2.75, 3.05) is 13.6 Å². The van der Waals surface area contributed by atoms with Crippen molar-refractivity contribution in [1.29, 1.82) is 0 Å². The first kappa shape index (κ1) is 35.9. The first-order chi connectivity index (χ1) is 19.3. The van der Waals surface area contributed by atoms with Crippen LogP contribution < -0.4 is 5.32 Å². The molecule has 0 amide bonds. The summed E-state index contributed by atoms with van der Waals surface area (Å²) in [6.07, 6.45) is 45.1. The van der Waals surface area contributed by atoms with Crippen molar-refractivity contribution in [3.05, 3.63) is 48.6 Å². The topological polar surface area (TPSA) is 30.5 Å². The van der Waals surface area contributed by atoms with Crippen LogP contribution in [-0.2, 0) is 9.47 Å². The molecule has 1 aliphatic heterocycles. The molecule has 1 rings (SSSR count). The minimum absolute atomic E-state index is 0.0247. The molecule has 39 heavy (non-hydrogen) atoms. The number of rotatable bonds is 27. The van der Waals surface area contributed by atoms with Crippen molar-refractivity contribution >= 4 is 0 Å². The highest BCUT2D eigenvalue weighted by molar-refractivity contribution is 4.93. The SMILES string of the molecule is CCCCC/C=C\C/C=C\CCCCCC1OC(CCNC)OC1CCCCC/C=C\C/C=C\CCCCC. The van der Waals surface area contributed by atoms with E-state index in [1.807, 2.05) is 7.05 Å². The molecule has 1 aliphatic rings. The van der Waals surface area contributed by atoms with Gasteiger partial charge < -0.3 is 14.8 Å². The van der Waals surface area contributed by atoms with E-state index in [1.165, 1.54) is 103 Å². The predicted molar refractivity (Wildman–Crippen MR) is 172 cm³/mol. The third kappa shape index (κ3) is 22.2. The molecule has 3 heteroatoms. The van der Waals surface area contributed by atoms with Gasteiger partial charge in [0.1, 0.15) is 0 Å². The van der Waals surface area contributed by atoms with Gasteiger partial charge in [0.25, 0.3) is 0 Å². The van der Waals surface area contributed by atoms with Crippen molar-refractivity contribution in [2.24, 2.45) is 0 Å². The molecular weight excluding hydrogens is 478 g/mol. The Kier molecular flexibility index (Phi) is 26.1. The van der Waals surface area contributed by atoms with E-state index < -0.39 is 0 Å². The third-order valence-electron chi connectivity index (χ3n) is 7.58. The van der Waals surface area contributed by atoms with Crippen LogP contribution in [-0.4, -0.2) is 32.1 Å². The lowest BCUT2D eigenvalue weighted by molar-refractivity contribution is -0.0709. The van der Waals surface area contributed by atoms with E-state index >= 15 is 0 Å². The summed E-state index contributed by atoms with van der Waals surface area (Å²) >= 11 is 0. The minimum atomic E-state index is -0.0247. The van der Waals surface area contributed by atoms with Crippen LogP contribution >= 0.6 is 0 Å². The Hall–Kier alpha value is -1.16. The molecular formula is C36H65NO2. The molecule has 2 atom stereocenters. The normalized spacial score (nSPS) is 20.1. The van der Waals surface area contributed by atoms with Gasteiger partial charge in [-0.25, -0.2) is 0 Å². The molecule has 0 spiro atoms. The summed E-state index contributed by atoms with van der Waals surface area (Å²) in [5.41, 5.74) is 0. The largest absolute Gasteiger partial charge is 0.347 e. The Balaban J connectivity index is 2.15. The molecule has 0 aromatic carbocycles. The second kappa shape index (κ2) is 28.4. The van der Waals surface area contributed by atoms with Crippen LogP contribution in [0.15, 0.2) is 48.6 Å². The number of nitrogens with one attached hydrogen (secondary N) is 1. The van der Waals surface area contributed by atoms with Crippen LogP contribution in [0.3, 0.4) is 0 Å². The number of allylic oxidation sites excluding steroid dienone is 8. The van der Waals surface area contributed by atoms with Gasteiger partial charge in [0.05, 0.1) is 12.2 Å². The highest BCUT2D eigenvalue weighted by atomic mass is 16.7. The molecule has 2 unspecified atom stereocenters. The zero-order valence-corrected chi connectivity index (χ0v) is 26.2. The van der Waals surface area contributed by atoms with Gasteiger partial charge in [0.15, 0.2) is 6.29 Å². The lowest BCUT2D eigenvalue weighted by Gasteiger charge is -2.16. The van der Waals surface area contributed by atoms with E-state index in [-0.39, 0.29) is 18.5 Å². The van der Waals surface area contributed by atoms with Gasteiger partial charge in [-0.2, -0.15) is 0 Å². The fourth-order valence-electron chi connectivity index (χ4n) is 5.11. The van der Waals surface area contributed by atoms with E-state index in [0.29, 0.717) is 0 Å². The molecule has 1 N–H and O–H groups in total. The van der Waals surface area contributed by atoms with Gasteiger partial charge in [0, 0.05) is 6.42 Å². The van der Waals surface area contributed by atoms with Crippen LogP contribution in [0.25, 0.3) is 0 Å². The Bertz CT molecular complexity index is 574. The highest BCUT2D eigenvalue weighted by Gasteiger charge is 2.34. The van der Waals surface area contributed by atoms with Crippen molar-refractivity contribution in [1.82, 2.24) is 5.32 Å². The standard InChI is InChI=1S/C36H65NO2/c1-4-6-8-10-12-14-16-18-20-22-24-26-28-30-34-35(39-36(38-34)32-33-37-3)31-29-27-25-23-21-19-17-15-13-11-9-7-5-2/h12-15,18-21,34-37H,4-11,16-17,22-33H2,1-3H3/b14-12-,15-13-,20-18-,21-19-. The summed E-state index contributed by atoms with van der Waals surface area (Å²) in [7, 11) is 2.00. The first-order valence-electron chi connectivity index (χ1n) is 16.9. The fourth-order valence-corrected chi connectivity index (χ4v) is 5.11. The molecule has 1 saturated heterocycles. The van der Waals surface area contributed by atoms with Crippen LogP contribution in [0.5, 0.6) is 0 Å². The van der Waals surface area contributed by atoms with Crippen LogP contribution in [0.1, 0.15) is 149 Å². The fraction of sp³-hybridized carbons (Fsp3) is 0.778. The van der Waals surface area contributed by atoms with Crippen LogP contribution in [0, 0.1) is 0 Å². The molecule has 0 radical (unpaired) electrons. The second-order valence-electron chi connectivity index (χ2n) is 11.3. The van der Waals surface area contributed by atoms with Crippen molar-refractivity contribution in [2.45, 2.75) is 167 Å². The quantitative estimate of drug-likeness (QED) is 0.0825. The molecule has 0 aromatic rings. The molecule has 3 nitrogen and oxygen atoms in total. The second-order valence-corrected chi connectivity index (χ2v) is 11.3. The molecule has 0 bridgehead atoms. The molecule has 226 valence electrons. The van der Waals surface area contributed by atoms with Gasteiger partial charge in [-0.1, -0.05) is 114 Å². The number of ether oxygens (including phenoxy) is 2. The van der Waals surface area contributed by atoms with Crippen molar-refractivity contribution in [3.63, 3.8) is 0 Å². The van der Waals surface area contributed by atoms with Crippen molar-refractivity contribution in [3.8, 4) is 0 Å². The lowest BCUT2D eigenvalue weighted by Crippen LogP contribution is -2.22. The van der Waals surface area contributed by atoms with Gasteiger partial charge in [-0.3, -0.25) is 0 Å². The van der Waals surface area contributed by atoms with Crippen molar-refractivity contribution < 1.29 is 9.47 Å². The van der Waals surface area contributed by atoms with Gasteiger partial charge in [-0.15, -0.1) is 0 Å². The third-order valence-corrected chi connectivity index (χ3v) is 7.58. The van der Waals surface area contributed by atoms with E-state index in [9.17, 15) is 0 Å². The Morgan fingerprint density at radius 3 is 1.28 bits per heavy atom. The monoisotopic (exact) mass is 544 g/mol. The minimum Gasteiger partial charge on any atom is -0.347 e. The molecule has 1 fully saturated rings. The molecule has 1 heterocycles. The summed E-state index contributed by atoms with van der Waals surface area (Å²) in [5.74, 6) is 0. The van der Waals surface area contributed by atoms with E-state index in [4.69, 9.17) is 9.47 Å². The van der Waals surface area contributed by atoms with E-state index in [0.717, 1.165) is 38.6 Å². The summed E-state index contributed by atoms with van der Waals surface area (Å²) in [5, 5.41) is 3.23. The summed E-state index contributed by atoms with van der Waals surface area (Å²) < 4.78 is 12.7. The molecule has 0 aliphatic carbocycles. The van der Waals surface area contributed by atoms with Gasteiger partial charge in [-0.05, 0) is 90.6 Å². The maximum absolute atomic E-state index is 6.35. The predicted octanol–water partition coefficient (Wildman–Crippen LogP) is 10.8. The molecule has 0 aromatic heterocycles. The lowest BCUT2D eigenvalue weighted by atomic mass is 10.00. The van der Waals surface area contributed by atoms with Gasteiger partial charge in [0.2, 0.25) is 0 Å². The van der Waals surface area contributed by atoms with E-state index in [2.05, 4.69) is 67.8 Å². The van der Waals surface area contributed by atoms with Crippen LogP contribution in [0.4, 0.5) is 0 Å². The maximum atomic E-state index is 6.35. The zero-order valence-electron chi connectivity index (χ0n) is 26.2. The first-order valence-corrected chi connectivity index (χ1v) is 16.9. The number of hydrogen-bond acceptors (Lipinski definition) is 3. The Morgan fingerprint density at radius 2 is 0.897 bits per heavy atom. The average molecular weight is 544 g/mol. The van der Waals surface area contributed by atoms with E-state index in [1.54, 1.807) is 0 Å². The Labute approximate surface area is 244 Å². The van der Waals surface area contributed by atoms with Gasteiger partial charge >= 0.3 is 0 Å². The Morgan fingerprint density at radius 1 is 0.487 bits per heavy atom. The summed E-state index contributed by atoms with van der Waals surface area (Å²) in [6, 6.07) is 0. The number of unbranched alkanes of at least 4 members (excludes halogenated alkanes) is 12. The summed E-state index contributed by atoms with van der Waals surface area (Å²) in [6.45, 7) is 5.48. The highest BCUT2D eigenvalue weighted by Crippen LogP contribution is 2.29. The van der Waals surface area contributed by atoms with Crippen LogP contribution in [0.2, 0.25) is 0 Å². The number of hydrogen-bond donors (Lipinski definition) is 1. The maximum Gasteiger partial charge on any atom is 0.159 e. The smallest absolute Gasteiger partial charge is 0.159 e.